The van der Waals surface area contributed by atoms with Crippen molar-refractivity contribution in [3.63, 3.8) is 0 Å². The van der Waals surface area contributed by atoms with E-state index in [4.69, 9.17) is 4.74 Å². The van der Waals surface area contributed by atoms with Crippen LogP contribution in [-0.4, -0.2) is 67.9 Å². The number of ether oxygens (including phenoxy) is 1. The summed E-state index contributed by atoms with van der Waals surface area (Å²) in [6.07, 6.45) is 0.00518. The van der Waals surface area contributed by atoms with Crippen LogP contribution in [0.1, 0.15) is 6.92 Å². The first kappa shape index (κ1) is 15.3. The van der Waals surface area contributed by atoms with Crippen molar-refractivity contribution >= 4 is 24.4 Å². The lowest BCUT2D eigenvalue weighted by molar-refractivity contribution is -0.128. The van der Waals surface area contributed by atoms with Crippen molar-refractivity contribution in [2.24, 2.45) is 0 Å². The van der Waals surface area contributed by atoms with Gasteiger partial charge in [-0.1, -0.05) is 0 Å². The molecule has 104 valence electrons. The van der Waals surface area contributed by atoms with Crippen molar-refractivity contribution in [1.29, 1.82) is 0 Å². The molecule has 0 saturated carbocycles. The molecule has 0 aliphatic carbocycles. The maximum absolute atomic E-state index is 11.8. The second-order valence-corrected chi connectivity index (χ2v) is 4.80. The van der Waals surface area contributed by atoms with Crippen molar-refractivity contribution in [3.8, 4) is 0 Å². The number of rotatable bonds is 5. The summed E-state index contributed by atoms with van der Waals surface area (Å²) in [5.74, 6) is -0.188. The van der Waals surface area contributed by atoms with E-state index in [9.17, 15) is 9.59 Å². The zero-order valence-electron chi connectivity index (χ0n) is 10.8. The Kier molecular flexibility index (Phi) is 6.45. The maximum Gasteiger partial charge on any atom is 0.243 e. The van der Waals surface area contributed by atoms with Crippen molar-refractivity contribution in [3.05, 3.63) is 0 Å². The third-order valence-corrected chi connectivity index (χ3v) is 3.09. The molecule has 18 heavy (non-hydrogen) atoms. The summed E-state index contributed by atoms with van der Waals surface area (Å²) in [6, 6.07) is -0.591. The van der Waals surface area contributed by atoms with Gasteiger partial charge >= 0.3 is 0 Å². The monoisotopic (exact) mass is 275 g/mol. The number of hydrogen-bond donors (Lipinski definition) is 3. The fourth-order valence-electron chi connectivity index (χ4n) is 1.77. The molecule has 0 aromatic heterocycles. The number of hydrogen-bond acceptors (Lipinski definition) is 5. The average molecular weight is 275 g/mol. The van der Waals surface area contributed by atoms with Crippen LogP contribution in [0.2, 0.25) is 0 Å². The molecule has 0 bridgehead atoms. The van der Waals surface area contributed by atoms with Gasteiger partial charge in [-0.05, 0) is 7.05 Å². The van der Waals surface area contributed by atoms with Crippen molar-refractivity contribution in [2.75, 3.05) is 39.0 Å². The van der Waals surface area contributed by atoms with Crippen molar-refractivity contribution < 1.29 is 14.3 Å². The van der Waals surface area contributed by atoms with Gasteiger partial charge in [0, 0.05) is 32.3 Å². The highest BCUT2D eigenvalue weighted by Gasteiger charge is 2.21. The maximum atomic E-state index is 11.8. The van der Waals surface area contributed by atoms with Crippen molar-refractivity contribution in [2.45, 2.75) is 19.1 Å². The van der Waals surface area contributed by atoms with Gasteiger partial charge in [0.1, 0.15) is 6.04 Å². The van der Waals surface area contributed by atoms with E-state index < -0.39 is 6.04 Å². The summed E-state index contributed by atoms with van der Waals surface area (Å²) < 4.78 is 5.53. The van der Waals surface area contributed by atoms with E-state index in [1.807, 2.05) is 7.05 Å². The number of amides is 2. The molecule has 0 spiro atoms. The van der Waals surface area contributed by atoms with Crippen LogP contribution in [0.25, 0.3) is 0 Å². The molecular formula is C11H21N3O3S. The van der Waals surface area contributed by atoms with Crippen LogP contribution in [0, 0.1) is 0 Å². The molecule has 1 heterocycles. The summed E-state index contributed by atoms with van der Waals surface area (Å²) in [5, 5.41) is 5.32. The number of carbonyl (C=O) groups is 2. The first-order valence-electron chi connectivity index (χ1n) is 5.98. The fourth-order valence-corrected chi connectivity index (χ4v) is 2.02. The molecule has 1 aliphatic heterocycles. The second kappa shape index (κ2) is 7.60. The molecule has 2 amide bonds. The highest BCUT2D eigenvalue weighted by molar-refractivity contribution is 7.80. The van der Waals surface area contributed by atoms with Gasteiger partial charge in [0.15, 0.2) is 0 Å². The van der Waals surface area contributed by atoms with Gasteiger partial charge in [0.05, 0.1) is 12.7 Å². The lowest BCUT2D eigenvalue weighted by Crippen LogP contribution is -2.51. The summed E-state index contributed by atoms with van der Waals surface area (Å²) in [6.45, 7) is 4.22. The average Bonchev–Trinajstić information content (AvgIpc) is 2.33. The molecule has 2 atom stereocenters. The Hall–Kier alpha value is -0.790. The van der Waals surface area contributed by atoms with Gasteiger partial charge in [0.2, 0.25) is 11.8 Å². The minimum atomic E-state index is -0.591. The molecule has 6 nitrogen and oxygen atoms in total. The smallest absolute Gasteiger partial charge is 0.243 e. The van der Waals surface area contributed by atoms with Crippen molar-refractivity contribution in [1.82, 2.24) is 15.5 Å². The molecule has 0 aromatic rings. The standard InChI is InChI=1S/C11H21N3O3S/c1-8(15)13-10(7-18)11(16)12-5-9-6-14(2)3-4-17-9/h9-10,18H,3-7H2,1-2H3,(H,12,16)(H,13,15). The minimum absolute atomic E-state index is 0.00518. The number of thiol groups is 1. The number of nitrogens with zero attached hydrogens (tertiary/aromatic N) is 1. The van der Waals surface area contributed by atoms with Gasteiger partial charge in [0.25, 0.3) is 0 Å². The van der Waals surface area contributed by atoms with Crippen LogP contribution in [0.15, 0.2) is 0 Å². The quantitative estimate of drug-likeness (QED) is 0.555. The van der Waals surface area contributed by atoms with E-state index in [0.29, 0.717) is 13.2 Å². The van der Waals surface area contributed by atoms with Gasteiger partial charge < -0.3 is 20.3 Å². The summed E-state index contributed by atoms with van der Waals surface area (Å²) >= 11 is 4.05. The van der Waals surface area contributed by atoms with Crippen LogP contribution < -0.4 is 10.6 Å². The zero-order valence-corrected chi connectivity index (χ0v) is 11.7. The Morgan fingerprint density at radius 1 is 1.56 bits per heavy atom. The summed E-state index contributed by atoms with van der Waals surface area (Å²) in [5.41, 5.74) is 0. The lowest BCUT2D eigenvalue weighted by atomic mass is 10.2. The molecule has 0 aromatic carbocycles. The third kappa shape index (κ3) is 5.24. The predicted molar refractivity (Wildman–Crippen MR) is 71.7 cm³/mol. The fraction of sp³-hybridized carbons (Fsp3) is 0.818. The van der Waals surface area contributed by atoms with Crippen LogP contribution in [0.5, 0.6) is 0 Å². The SMILES string of the molecule is CC(=O)NC(CS)C(=O)NCC1CN(C)CCO1. The Morgan fingerprint density at radius 3 is 2.83 bits per heavy atom. The normalized spacial score (nSPS) is 22.3. The third-order valence-electron chi connectivity index (χ3n) is 2.72. The topological polar surface area (TPSA) is 70.7 Å². The number of morpholine rings is 1. The van der Waals surface area contributed by atoms with E-state index >= 15 is 0 Å². The Labute approximate surface area is 113 Å². The minimum Gasteiger partial charge on any atom is -0.374 e. The van der Waals surface area contributed by atoms with E-state index in [0.717, 1.165) is 13.1 Å². The first-order chi connectivity index (χ1) is 8.52. The van der Waals surface area contributed by atoms with Crippen LogP contribution in [0.3, 0.4) is 0 Å². The molecule has 2 N–H and O–H groups in total. The van der Waals surface area contributed by atoms with Crippen LogP contribution in [0.4, 0.5) is 0 Å². The second-order valence-electron chi connectivity index (χ2n) is 4.44. The van der Waals surface area contributed by atoms with Gasteiger partial charge in [-0.3, -0.25) is 9.59 Å². The number of carbonyl (C=O) groups excluding carboxylic acids is 2. The van der Waals surface area contributed by atoms with Gasteiger partial charge in [-0.25, -0.2) is 0 Å². The molecule has 1 aliphatic rings. The van der Waals surface area contributed by atoms with Gasteiger partial charge in [-0.2, -0.15) is 12.6 Å². The highest BCUT2D eigenvalue weighted by atomic mass is 32.1. The zero-order chi connectivity index (χ0) is 13.5. The van der Waals surface area contributed by atoms with Crippen LogP contribution >= 0.6 is 12.6 Å². The lowest BCUT2D eigenvalue weighted by Gasteiger charge is -2.30. The highest BCUT2D eigenvalue weighted by Crippen LogP contribution is 2.01. The van der Waals surface area contributed by atoms with E-state index in [-0.39, 0.29) is 23.7 Å². The van der Waals surface area contributed by atoms with E-state index in [2.05, 4.69) is 28.2 Å². The molecule has 2 unspecified atom stereocenters. The van der Waals surface area contributed by atoms with E-state index in [1.54, 1.807) is 0 Å². The van der Waals surface area contributed by atoms with Gasteiger partial charge in [-0.15, -0.1) is 0 Å². The number of nitrogens with one attached hydrogen (secondary N) is 2. The first-order valence-corrected chi connectivity index (χ1v) is 6.62. The Morgan fingerprint density at radius 2 is 2.28 bits per heavy atom. The molecule has 1 saturated heterocycles. The molecular weight excluding hydrogens is 254 g/mol. The number of likely N-dealkylation sites (N-methyl/N-ethyl adjacent to an activating group) is 1. The molecule has 7 heteroatoms. The van der Waals surface area contributed by atoms with Crippen LogP contribution in [-0.2, 0) is 14.3 Å². The molecule has 1 rings (SSSR count). The molecule has 0 radical (unpaired) electrons. The molecule has 1 fully saturated rings. The van der Waals surface area contributed by atoms with E-state index in [1.165, 1.54) is 6.92 Å². The predicted octanol–water partition coefficient (Wildman–Crippen LogP) is -1.13. The summed E-state index contributed by atoms with van der Waals surface area (Å²) in [7, 11) is 2.02. The Balaban J connectivity index is 2.32. The summed E-state index contributed by atoms with van der Waals surface area (Å²) in [4.78, 5) is 24.9. The Bertz CT molecular complexity index is 301. The largest absolute Gasteiger partial charge is 0.374 e.